The second-order valence-corrected chi connectivity index (χ2v) is 11.4. The van der Waals surface area contributed by atoms with Crippen LogP contribution in [0.25, 0.3) is 33.3 Å². The number of benzene rings is 4. The number of aromatic nitrogens is 4. The van der Waals surface area contributed by atoms with E-state index in [1.54, 1.807) is 12.1 Å². The monoisotopic (exact) mass is 749 g/mol. The molecule has 3 N–H and O–H groups in total. The molecule has 2 aromatic heterocycles. The fourth-order valence-electron chi connectivity index (χ4n) is 3.89. The number of hydrogen-bond acceptors (Lipinski definition) is 8. The van der Waals surface area contributed by atoms with Crippen molar-refractivity contribution in [2.24, 2.45) is 0 Å². The highest BCUT2D eigenvalue weighted by Crippen LogP contribution is 2.31. The molecule has 48 heavy (non-hydrogen) atoms. The molecule has 0 radical (unpaired) electrons. The molecule has 0 saturated heterocycles. The minimum Gasteiger partial charge on any atom is -0.423 e. The number of aliphatic hydroxyl groups is 1. The number of hydrogen-bond donors (Lipinski definition) is 3. The first-order valence-electron chi connectivity index (χ1n) is 13.5. The Hall–Kier alpha value is -3.70. The van der Waals surface area contributed by atoms with Crippen LogP contribution in [0.3, 0.4) is 0 Å². The number of fused-ring (bicyclic) bond motifs is 2. The van der Waals surface area contributed by atoms with Crippen LogP contribution < -0.4 is 5.46 Å². The van der Waals surface area contributed by atoms with Gasteiger partial charge in [-0.3, -0.25) is 0 Å². The molecule has 0 saturated carbocycles. The minimum atomic E-state index is -1.72. The number of halogens is 7. The lowest BCUT2D eigenvalue weighted by atomic mass is 9.80. The topological polar surface area (TPSA) is 136 Å². The van der Waals surface area contributed by atoms with Gasteiger partial charge in [0.25, 0.3) is 0 Å². The van der Waals surface area contributed by atoms with Gasteiger partial charge in [0.1, 0.15) is 29.3 Å². The van der Waals surface area contributed by atoms with E-state index in [9.17, 15) is 8.78 Å². The summed E-state index contributed by atoms with van der Waals surface area (Å²) in [5.74, 6) is -0.914. The van der Waals surface area contributed by atoms with Crippen LogP contribution in [0.5, 0.6) is 0 Å². The zero-order chi connectivity index (χ0) is 35.5. The molecule has 0 spiro atoms. The van der Waals surface area contributed by atoms with Gasteiger partial charge in [0.2, 0.25) is 0 Å². The van der Waals surface area contributed by atoms with Gasteiger partial charge in [0.15, 0.2) is 5.15 Å². The molecule has 246 valence electrons. The summed E-state index contributed by atoms with van der Waals surface area (Å²) >= 11 is 29.5. The van der Waals surface area contributed by atoms with E-state index in [1.807, 2.05) is 38.1 Å². The van der Waals surface area contributed by atoms with E-state index in [2.05, 4.69) is 19.9 Å². The molecule has 8 nitrogen and oxygen atoms in total. The van der Waals surface area contributed by atoms with Gasteiger partial charge in [-0.05, 0) is 74.5 Å². The first-order chi connectivity index (χ1) is 22.8. The Morgan fingerprint density at radius 2 is 1.19 bits per heavy atom. The molecule has 0 fully saturated rings. The second-order valence-electron chi connectivity index (χ2n) is 9.45. The number of aryl methyl sites for hydroxylation is 2. The second kappa shape index (κ2) is 18.2. The van der Waals surface area contributed by atoms with E-state index < -0.39 is 12.9 Å². The number of nitrogens with zero attached hydrogens (tertiary/aromatic N) is 5. The molecule has 6 rings (SSSR count). The Morgan fingerprint density at radius 1 is 0.688 bits per heavy atom. The van der Waals surface area contributed by atoms with Crippen molar-refractivity contribution in [3.05, 3.63) is 121 Å². The Labute approximate surface area is 299 Å². The van der Waals surface area contributed by atoms with Gasteiger partial charge in [-0.15, -0.1) is 0 Å². The van der Waals surface area contributed by atoms with Crippen LogP contribution in [0, 0.1) is 36.8 Å². The number of aliphatic hydroxyl groups excluding tert-OH is 1. The average molecular weight is 752 g/mol. The summed E-state index contributed by atoms with van der Waals surface area (Å²) in [6.45, 7) is 3.25. The minimum absolute atomic E-state index is 0.0216. The summed E-state index contributed by atoms with van der Waals surface area (Å²) in [6.07, 6.45) is 0. The maximum atomic E-state index is 13.4. The van der Waals surface area contributed by atoms with Crippen LogP contribution in [0.15, 0.2) is 72.8 Å². The predicted octanol–water partition coefficient (Wildman–Crippen LogP) is 7.96. The van der Waals surface area contributed by atoms with Crippen molar-refractivity contribution >= 4 is 92.7 Å². The third-order valence-corrected chi connectivity index (χ3v) is 7.71. The highest BCUT2D eigenvalue weighted by Gasteiger charge is 2.15. The Bertz CT molecular complexity index is 2110. The van der Waals surface area contributed by atoms with E-state index in [-0.39, 0.29) is 22.9 Å². The molecule has 0 aliphatic rings. The highest BCUT2D eigenvalue weighted by molar-refractivity contribution is 6.62. The van der Waals surface area contributed by atoms with Gasteiger partial charge in [0, 0.05) is 16.0 Å². The zero-order valence-electron chi connectivity index (χ0n) is 24.9. The van der Waals surface area contributed by atoms with Gasteiger partial charge >= 0.3 is 7.12 Å². The third kappa shape index (κ3) is 10.4. The lowest BCUT2D eigenvalue weighted by Gasteiger charge is -2.09. The maximum Gasteiger partial charge on any atom is 0.490 e. The van der Waals surface area contributed by atoms with E-state index >= 15 is 0 Å². The highest BCUT2D eigenvalue weighted by atomic mass is 35.5. The average Bonchev–Trinajstić information content (AvgIpc) is 3.05. The molecule has 4 aromatic carbocycles. The van der Waals surface area contributed by atoms with Crippen LogP contribution in [0.1, 0.15) is 11.4 Å². The van der Waals surface area contributed by atoms with Crippen molar-refractivity contribution in [1.29, 1.82) is 5.26 Å². The van der Waals surface area contributed by atoms with Crippen molar-refractivity contribution in [3.63, 3.8) is 0 Å². The lowest BCUT2D eigenvalue weighted by Crippen LogP contribution is -2.31. The fourth-order valence-corrected chi connectivity index (χ4v) is 4.86. The Balaban J connectivity index is 0.000000194. The summed E-state index contributed by atoms with van der Waals surface area (Å²) in [5.41, 5.74) is 5.12. The molecule has 0 aliphatic carbocycles. The van der Waals surface area contributed by atoms with Gasteiger partial charge in [-0.1, -0.05) is 70.1 Å². The van der Waals surface area contributed by atoms with E-state index in [0.29, 0.717) is 53.7 Å². The van der Waals surface area contributed by atoms with Crippen molar-refractivity contribution in [2.45, 2.75) is 13.8 Å². The first kappa shape index (κ1) is 38.8. The standard InChI is InChI=1S/C15H9Cl2FN2.C9H6Cl2N2.C6H5BClFO2.C2H3NO/c1-8-14(10-7-9(18)5-6-11(10)16)20-15-12(17)3-2-4-13(15)19-8;1-5-9(11)13-8-6(10)3-2-4-7(8)12-5;8-6-2-1-4(9)3-5(6)7(10)11;3-1-2-4/h2-7H,1H3;2-4H,1H3;1-3,10-11H;4H,2H2. The van der Waals surface area contributed by atoms with Crippen LogP contribution in [0.4, 0.5) is 8.78 Å². The molecule has 0 aliphatic heterocycles. The van der Waals surface area contributed by atoms with Crippen LogP contribution in [-0.2, 0) is 0 Å². The number of rotatable bonds is 2. The summed E-state index contributed by atoms with van der Waals surface area (Å²) in [5, 5.41) is 34.2. The lowest BCUT2D eigenvalue weighted by molar-refractivity contribution is 0.348. The third-order valence-electron chi connectivity index (χ3n) is 6.07. The number of nitriles is 1. The molecular weight excluding hydrogens is 728 g/mol. The molecule has 16 heteroatoms. The fraction of sp³-hybridized carbons (Fsp3) is 0.0938. The smallest absolute Gasteiger partial charge is 0.423 e. The van der Waals surface area contributed by atoms with Gasteiger partial charge in [-0.2, -0.15) is 5.26 Å². The van der Waals surface area contributed by atoms with Crippen molar-refractivity contribution in [1.82, 2.24) is 19.9 Å². The normalized spacial score (nSPS) is 10.1. The molecular formula is C32H23BCl5F2N5O3. The van der Waals surface area contributed by atoms with Gasteiger partial charge in [0.05, 0.1) is 49.3 Å². The molecule has 0 amide bonds. The molecule has 6 aromatic rings. The van der Waals surface area contributed by atoms with Crippen molar-refractivity contribution in [3.8, 4) is 17.3 Å². The van der Waals surface area contributed by atoms with Crippen LogP contribution in [0.2, 0.25) is 25.2 Å². The quantitative estimate of drug-likeness (QED) is 0.120. The van der Waals surface area contributed by atoms with Crippen molar-refractivity contribution in [2.75, 3.05) is 6.61 Å². The molecule has 0 unspecified atom stereocenters. The van der Waals surface area contributed by atoms with E-state index in [4.69, 9.17) is 78.4 Å². The Kier molecular flexibility index (Phi) is 14.7. The number of para-hydroxylation sites is 2. The maximum absolute atomic E-state index is 13.4. The summed E-state index contributed by atoms with van der Waals surface area (Å²) in [4.78, 5) is 17.4. The van der Waals surface area contributed by atoms with Crippen molar-refractivity contribution < 1.29 is 23.9 Å². The SMILES string of the molecule is Cc1nc2cccc(Cl)c2nc1-c1cc(F)ccc1Cl.Cc1nc2cccc(Cl)c2nc1Cl.N#CCO.OB(O)c1cc(F)ccc1Cl. The largest absolute Gasteiger partial charge is 0.490 e. The van der Waals surface area contributed by atoms with E-state index in [0.717, 1.165) is 23.3 Å². The molecule has 0 bridgehead atoms. The summed E-state index contributed by atoms with van der Waals surface area (Å²) in [6, 6.07) is 19.9. The zero-order valence-corrected chi connectivity index (χ0v) is 28.7. The van der Waals surface area contributed by atoms with E-state index in [1.165, 1.54) is 30.3 Å². The molecule has 2 heterocycles. The van der Waals surface area contributed by atoms with Crippen LogP contribution in [-0.4, -0.2) is 48.8 Å². The summed E-state index contributed by atoms with van der Waals surface area (Å²) in [7, 11) is -1.72. The van der Waals surface area contributed by atoms with Crippen LogP contribution >= 0.6 is 58.0 Å². The summed E-state index contributed by atoms with van der Waals surface area (Å²) < 4.78 is 25.9. The molecule has 0 atom stereocenters. The first-order valence-corrected chi connectivity index (χ1v) is 15.4. The van der Waals surface area contributed by atoms with Gasteiger partial charge in [-0.25, -0.2) is 28.7 Å². The van der Waals surface area contributed by atoms with Gasteiger partial charge < -0.3 is 15.2 Å². The Morgan fingerprint density at radius 3 is 1.71 bits per heavy atom. The predicted molar refractivity (Wildman–Crippen MR) is 188 cm³/mol.